The van der Waals surface area contributed by atoms with Crippen molar-refractivity contribution in [1.82, 2.24) is 15.6 Å². The summed E-state index contributed by atoms with van der Waals surface area (Å²) in [5.74, 6) is -2.15. The van der Waals surface area contributed by atoms with Gasteiger partial charge in [0, 0.05) is 22.8 Å². The molecule has 4 N–H and O–H groups in total. The number of carboxylic acid groups (broad SMARTS) is 1. The molecule has 1 aromatic heterocycles. The van der Waals surface area contributed by atoms with E-state index in [0.717, 1.165) is 0 Å². The molecule has 0 saturated heterocycles. The smallest absolute Gasteiger partial charge is 0.322 e. The lowest BCUT2D eigenvalue weighted by molar-refractivity contribution is -0.137. The van der Waals surface area contributed by atoms with Gasteiger partial charge in [-0.05, 0) is 18.2 Å². The molecular formula is C14H14N4O4S. The number of nitrogens with zero attached hydrogens (tertiary/aromatic N) is 1. The second-order valence-corrected chi connectivity index (χ2v) is 5.29. The summed E-state index contributed by atoms with van der Waals surface area (Å²) in [5.41, 5.74) is 1.07. The summed E-state index contributed by atoms with van der Waals surface area (Å²) in [6.07, 6.45) is 1.67. The first kappa shape index (κ1) is 16.4. The van der Waals surface area contributed by atoms with Crippen LogP contribution in [0.15, 0.2) is 35.8 Å². The Labute approximate surface area is 135 Å². The fourth-order valence-electron chi connectivity index (χ4n) is 1.65. The highest BCUT2D eigenvalue weighted by Gasteiger charge is 2.09. The van der Waals surface area contributed by atoms with Crippen molar-refractivity contribution in [2.45, 2.75) is 0 Å². The summed E-state index contributed by atoms with van der Waals surface area (Å²) >= 11 is 1.43. The van der Waals surface area contributed by atoms with Crippen LogP contribution in [0.1, 0.15) is 10.4 Å². The molecule has 0 fully saturated rings. The Bertz CT molecular complexity index is 703. The molecule has 9 heteroatoms. The number of rotatable bonds is 7. The summed E-state index contributed by atoms with van der Waals surface area (Å²) < 4.78 is 0. The van der Waals surface area contributed by atoms with Gasteiger partial charge < -0.3 is 21.1 Å². The average molecular weight is 334 g/mol. The van der Waals surface area contributed by atoms with E-state index >= 15 is 0 Å². The van der Waals surface area contributed by atoms with Crippen LogP contribution < -0.4 is 16.0 Å². The Kier molecular flexibility index (Phi) is 5.64. The van der Waals surface area contributed by atoms with Crippen molar-refractivity contribution in [2.24, 2.45) is 0 Å². The quantitative estimate of drug-likeness (QED) is 0.595. The fraction of sp³-hybridized carbons (Fsp3) is 0.143. The van der Waals surface area contributed by atoms with Gasteiger partial charge in [-0.1, -0.05) is 6.07 Å². The van der Waals surface area contributed by atoms with E-state index in [-0.39, 0.29) is 6.54 Å². The molecule has 2 rings (SSSR count). The van der Waals surface area contributed by atoms with Gasteiger partial charge in [-0.25, -0.2) is 4.98 Å². The lowest BCUT2D eigenvalue weighted by Crippen LogP contribution is -2.39. The standard InChI is InChI=1S/C14H14N4O4S/c19-11(16-8-12(20)21)7-17-13(22)9-2-1-3-10(6-9)18-14-15-4-5-23-14/h1-6H,7-8H2,(H,15,18)(H,16,19)(H,17,22)(H,20,21). The first-order valence-corrected chi connectivity index (χ1v) is 7.46. The van der Waals surface area contributed by atoms with E-state index in [1.54, 1.807) is 30.5 Å². The highest BCUT2D eigenvalue weighted by molar-refractivity contribution is 7.13. The molecule has 0 atom stereocenters. The van der Waals surface area contributed by atoms with Gasteiger partial charge in [0.2, 0.25) is 5.91 Å². The molecule has 2 aromatic rings. The molecule has 0 aliphatic carbocycles. The first-order chi connectivity index (χ1) is 11.0. The number of carboxylic acids is 1. The minimum absolute atomic E-state index is 0.295. The normalized spacial score (nSPS) is 9.91. The van der Waals surface area contributed by atoms with Crippen molar-refractivity contribution in [1.29, 1.82) is 0 Å². The van der Waals surface area contributed by atoms with Crippen molar-refractivity contribution in [2.75, 3.05) is 18.4 Å². The Balaban J connectivity index is 1.89. The summed E-state index contributed by atoms with van der Waals surface area (Å²) in [7, 11) is 0. The van der Waals surface area contributed by atoms with E-state index < -0.39 is 24.3 Å². The predicted octanol–water partition coefficient (Wildman–Crippen LogP) is 0.817. The third-order valence-corrected chi connectivity index (χ3v) is 3.34. The summed E-state index contributed by atoms with van der Waals surface area (Å²) in [6, 6.07) is 6.73. The second-order valence-electron chi connectivity index (χ2n) is 4.40. The minimum atomic E-state index is -1.15. The van der Waals surface area contributed by atoms with Crippen molar-refractivity contribution in [3.8, 4) is 0 Å². The summed E-state index contributed by atoms with van der Waals surface area (Å²) in [4.78, 5) is 37.8. The van der Waals surface area contributed by atoms with Crippen molar-refractivity contribution in [3.63, 3.8) is 0 Å². The number of amides is 2. The van der Waals surface area contributed by atoms with Crippen LogP contribution in [0.4, 0.5) is 10.8 Å². The van der Waals surface area contributed by atoms with Crippen LogP contribution in [0.3, 0.4) is 0 Å². The van der Waals surface area contributed by atoms with Gasteiger partial charge in [0.15, 0.2) is 5.13 Å². The highest BCUT2D eigenvalue weighted by atomic mass is 32.1. The topological polar surface area (TPSA) is 120 Å². The third kappa shape index (κ3) is 5.40. The predicted molar refractivity (Wildman–Crippen MR) is 84.8 cm³/mol. The summed E-state index contributed by atoms with van der Waals surface area (Å²) in [5, 5.41) is 18.6. The largest absolute Gasteiger partial charge is 0.480 e. The Morgan fingerprint density at radius 2 is 2.00 bits per heavy atom. The van der Waals surface area contributed by atoms with E-state index in [4.69, 9.17) is 5.11 Å². The molecule has 0 bridgehead atoms. The van der Waals surface area contributed by atoms with Crippen LogP contribution in [0.25, 0.3) is 0 Å². The zero-order valence-corrected chi connectivity index (χ0v) is 12.7. The van der Waals surface area contributed by atoms with E-state index in [0.29, 0.717) is 16.4 Å². The average Bonchev–Trinajstić information content (AvgIpc) is 3.03. The molecule has 0 unspecified atom stereocenters. The highest BCUT2D eigenvalue weighted by Crippen LogP contribution is 2.19. The Morgan fingerprint density at radius 1 is 1.17 bits per heavy atom. The van der Waals surface area contributed by atoms with Gasteiger partial charge in [-0.3, -0.25) is 14.4 Å². The van der Waals surface area contributed by atoms with E-state index in [1.165, 1.54) is 11.3 Å². The maximum absolute atomic E-state index is 12.0. The second kappa shape index (κ2) is 7.90. The number of nitrogens with one attached hydrogen (secondary N) is 3. The zero-order valence-electron chi connectivity index (χ0n) is 11.9. The van der Waals surface area contributed by atoms with E-state index in [2.05, 4.69) is 20.9 Å². The monoisotopic (exact) mass is 334 g/mol. The van der Waals surface area contributed by atoms with Crippen LogP contribution in [0.5, 0.6) is 0 Å². The Hall–Kier alpha value is -2.94. The summed E-state index contributed by atoms with van der Waals surface area (Å²) in [6.45, 7) is -0.780. The molecule has 2 amide bonds. The number of thiazole rings is 1. The number of hydrogen-bond acceptors (Lipinski definition) is 6. The third-order valence-electron chi connectivity index (χ3n) is 2.65. The lowest BCUT2D eigenvalue weighted by Gasteiger charge is -2.07. The van der Waals surface area contributed by atoms with Crippen LogP contribution >= 0.6 is 11.3 Å². The molecule has 8 nitrogen and oxygen atoms in total. The number of benzene rings is 1. The van der Waals surface area contributed by atoms with Gasteiger partial charge in [0.05, 0.1) is 6.54 Å². The van der Waals surface area contributed by atoms with Gasteiger partial charge in [-0.2, -0.15) is 0 Å². The van der Waals surface area contributed by atoms with Crippen molar-refractivity contribution in [3.05, 3.63) is 41.4 Å². The molecule has 1 aromatic carbocycles. The SMILES string of the molecule is O=C(O)CNC(=O)CNC(=O)c1cccc(Nc2nccs2)c1. The number of carbonyl (C=O) groups is 3. The van der Waals surface area contributed by atoms with Crippen LogP contribution in [0, 0.1) is 0 Å². The number of hydrogen-bond donors (Lipinski definition) is 4. The van der Waals surface area contributed by atoms with E-state index in [1.807, 2.05) is 5.38 Å². The maximum Gasteiger partial charge on any atom is 0.322 e. The number of carbonyl (C=O) groups excluding carboxylic acids is 2. The van der Waals surface area contributed by atoms with Crippen molar-refractivity contribution < 1.29 is 19.5 Å². The van der Waals surface area contributed by atoms with Crippen molar-refractivity contribution >= 4 is 39.9 Å². The molecule has 120 valence electrons. The van der Waals surface area contributed by atoms with Crippen LogP contribution in [-0.4, -0.2) is 41.0 Å². The van der Waals surface area contributed by atoms with Crippen LogP contribution in [-0.2, 0) is 9.59 Å². The Morgan fingerprint density at radius 3 is 2.70 bits per heavy atom. The molecule has 0 radical (unpaired) electrons. The molecular weight excluding hydrogens is 320 g/mol. The molecule has 1 heterocycles. The fourth-order valence-corrected chi connectivity index (χ4v) is 2.20. The first-order valence-electron chi connectivity index (χ1n) is 6.58. The number of aliphatic carboxylic acids is 1. The maximum atomic E-state index is 12.0. The number of aromatic nitrogens is 1. The molecule has 0 saturated carbocycles. The number of anilines is 2. The van der Waals surface area contributed by atoms with Gasteiger partial charge >= 0.3 is 5.97 Å². The molecule has 23 heavy (non-hydrogen) atoms. The van der Waals surface area contributed by atoms with Gasteiger partial charge in [0.1, 0.15) is 6.54 Å². The van der Waals surface area contributed by atoms with Crippen LogP contribution in [0.2, 0.25) is 0 Å². The van der Waals surface area contributed by atoms with Gasteiger partial charge in [0.25, 0.3) is 5.91 Å². The van der Waals surface area contributed by atoms with Gasteiger partial charge in [-0.15, -0.1) is 11.3 Å². The zero-order chi connectivity index (χ0) is 16.7. The minimum Gasteiger partial charge on any atom is -0.480 e. The molecule has 0 spiro atoms. The van der Waals surface area contributed by atoms with E-state index in [9.17, 15) is 14.4 Å². The molecule has 0 aliphatic rings. The molecule has 0 aliphatic heterocycles. The lowest BCUT2D eigenvalue weighted by atomic mass is 10.2.